The predicted octanol–water partition coefficient (Wildman–Crippen LogP) is 4.26. The van der Waals surface area contributed by atoms with Crippen molar-refractivity contribution in [2.45, 2.75) is 51.4 Å². The number of benzene rings is 2. The fraction of sp³-hybridized carbons (Fsp3) is 0.556. The van der Waals surface area contributed by atoms with Crippen molar-refractivity contribution in [1.29, 1.82) is 0 Å². The molecule has 0 aliphatic carbocycles. The van der Waals surface area contributed by atoms with Crippen LogP contribution in [0.25, 0.3) is 0 Å². The number of ether oxygens (including phenoxy) is 5. The van der Waals surface area contributed by atoms with Gasteiger partial charge in [-0.3, -0.25) is 4.90 Å². The van der Waals surface area contributed by atoms with Crippen LogP contribution in [0.4, 0.5) is 0 Å². The first-order chi connectivity index (χ1) is 16.4. The van der Waals surface area contributed by atoms with Crippen LogP contribution in [0, 0.1) is 0 Å². The van der Waals surface area contributed by atoms with Gasteiger partial charge in [0.15, 0.2) is 11.5 Å². The molecule has 188 valence electrons. The van der Waals surface area contributed by atoms with Gasteiger partial charge >= 0.3 is 0 Å². The molecule has 0 amide bonds. The highest BCUT2D eigenvalue weighted by Crippen LogP contribution is 2.38. The van der Waals surface area contributed by atoms with Gasteiger partial charge in [-0.2, -0.15) is 0 Å². The van der Waals surface area contributed by atoms with Crippen molar-refractivity contribution in [2.24, 2.45) is 0 Å². The fourth-order valence-electron chi connectivity index (χ4n) is 4.26. The van der Waals surface area contributed by atoms with Crippen molar-refractivity contribution >= 4 is 0 Å². The molecule has 2 atom stereocenters. The summed E-state index contributed by atoms with van der Waals surface area (Å²) in [6, 6.07) is 12.0. The van der Waals surface area contributed by atoms with Crippen molar-refractivity contribution in [1.82, 2.24) is 4.90 Å². The van der Waals surface area contributed by atoms with Crippen LogP contribution in [-0.4, -0.2) is 69.8 Å². The molecule has 0 bridgehead atoms. The van der Waals surface area contributed by atoms with E-state index in [-0.39, 0.29) is 12.7 Å². The Morgan fingerprint density at radius 2 is 1.71 bits per heavy atom. The van der Waals surface area contributed by atoms with Crippen LogP contribution in [-0.2, 0) is 11.3 Å². The first kappa shape index (κ1) is 26.1. The van der Waals surface area contributed by atoms with Crippen LogP contribution in [0.1, 0.15) is 43.7 Å². The maximum atomic E-state index is 10.8. The maximum absolute atomic E-state index is 10.8. The predicted molar refractivity (Wildman–Crippen MR) is 132 cm³/mol. The van der Waals surface area contributed by atoms with Crippen molar-refractivity contribution in [3.8, 4) is 23.0 Å². The molecule has 7 heteroatoms. The lowest BCUT2D eigenvalue weighted by molar-refractivity contribution is 0.0313. The Balaban J connectivity index is 1.66. The number of nitrogens with zero attached hydrogens (tertiary/aromatic N) is 1. The summed E-state index contributed by atoms with van der Waals surface area (Å²) >= 11 is 0. The summed E-state index contributed by atoms with van der Waals surface area (Å²) in [5.41, 5.74) is 2.27. The van der Waals surface area contributed by atoms with E-state index in [0.717, 1.165) is 37.3 Å². The molecule has 0 saturated carbocycles. The Kier molecular flexibility index (Phi) is 9.86. The Morgan fingerprint density at radius 3 is 2.24 bits per heavy atom. The van der Waals surface area contributed by atoms with Gasteiger partial charge in [0.05, 0.1) is 27.4 Å². The molecular weight excluding hydrogens is 434 g/mol. The molecule has 1 aliphatic heterocycles. The van der Waals surface area contributed by atoms with E-state index in [2.05, 4.69) is 30.9 Å². The highest BCUT2D eigenvalue weighted by Gasteiger charge is 2.23. The minimum Gasteiger partial charge on any atom is -0.493 e. The standard InChI is InChI=1S/C27H39NO6/c1-19(2)21-8-10-23(11-9-21)34-18-22(29)16-28(17-24-7-6-12-33-24)15-20-13-25(30-3)27(32-5)26(14-20)31-4/h8-11,13-14,19,22,24,29H,6-7,12,15-18H2,1-5H3. The first-order valence-electron chi connectivity index (χ1n) is 12.0. The summed E-state index contributed by atoms with van der Waals surface area (Å²) in [7, 11) is 4.82. The van der Waals surface area contributed by atoms with E-state index in [1.54, 1.807) is 21.3 Å². The van der Waals surface area contributed by atoms with Crippen molar-refractivity contribution in [2.75, 3.05) is 47.6 Å². The third-order valence-corrected chi connectivity index (χ3v) is 6.07. The molecule has 0 radical (unpaired) electrons. The van der Waals surface area contributed by atoms with Gasteiger partial charge in [0.2, 0.25) is 5.75 Å². The average molecular weight is 474 g/mol. The molecule has 1 saturated heterocycles. The van der Waals surface area contributed by atoms with E-state index in [0.29, 0.717) is 36.3 Å². The number of aliphatic hydroxyl groups is 1. The van der Waals surface area contributed by atoms with E-state index in [4.69, 9.17) is 23.7 Å². The molecule has 34 heavy (non-hydrogen) atoms. The molecule has 2 aromatic rings. The Hall–Kier alpha value is -2.48. The van der Waals surface area contributed by atoms with Gasteiger partial charge in [-0.1, -0.05) is 26.0 Å². The zero-order valence-corrected chi connectivity index (χ0v) is 21.1. The smallest absolute Gasteiger partial charge is 0.203 e. The van der Waals surface area contributed by atoms with Crippen LogP contribution in [0.2, 0.25) is 0 Å². The van der Waals surface area contributed by atoms with Gasteiger partial charge < -0.3 is 28.8 Å². The molecule has 0 aromatic heterocycles. The summed E-state index contributed by atoms with van der Waals surface area (Å²) in [5.74, 6) is 3.03. The number of hydrogen-bond donors (Lipinski definition) is 1. The number of hydrogen-bond acceptors (Lipinski definition) is 7. The minimum absolute atomic E-state index is 0.165. The molecule has 2 unspecified atom stereocenters. The molecular formula is C27H39NO6. The lowest BCUT2D eigenvalue weighted by atomic mass is 10.0. The number of rotatable bonds is 13. The van der Waals surface area contributed by atoms with E-state index in [9.17, 15) is 5.11 Å². The van der Waals surface area contributed by atoms with E-state index >= 15 is 0 Å². The molecule has 7 nitrogen and oxygen atoms in total. The molecule has 3 rings (SSSR count). The Bertz CT molecular complexity index is 854. The third kappa shape index (κ3) is 7.26. The fourth-order valence-corrected chi connectivity index (χ4v) is 4.26. The molecule has 2 aromatic carbocycles. The second-order valence-electron chi connectivity index (χ2n) is 9.05. The van der Waals surface area contributed by atoms with E-state index < -0.39 is 6.10 Å². The van der Waals surface area contributed by atoms with Crippen LogP contribution in [0.3, 0.4) is 0 Å². The minimum atomic E-state index is -0.645. The highest BCUT2D eigenvalue weighted by atomic mass is 16.5. The molecule has 1 fully saturated rings. The van der Waals surface area contributed by atoms with Crippen LogP contribution in [0.15, 0.2) is 36.4 Å². The average Bonchev–Trinajstić information content (AvgIpc) is 3.35. The van der Waals surface area contributed by atoms with Crippen molar-refractivity contribution < 1.29 is 28.8 Å². The van der Waals surface area contributed by atoms with E-state index in [1.165, 1.54) is 5.56 Å². The number of aliphatic hydroxyl groups excluding tert-OH is 1. The highest BCUT2D eigenvalue weighted by molar-refractivity contribution is 5.53. The SMILES string of the molecule is COc1cc(CN(CC(O)COc2ccc(C(C)C)cc2)CC2CCCO2)cc(OC)c1OC. The second kappa shape index (κ2) is 12.8. The molecule has 1 N–H and O–H groups in total. The topological polar surface area (TPSA) is 69.6 Å². The van der Waals surface area contributed by atoms with Gasteiger partial charge in [0.1, 0.15) is 18.5 Å². The zero-order valence-electron chi connectivity index (χ0n) is 21.1. The van der Waals surface area contributed by atoms with Gasteiger partial charge in [-0.15, -0.1) is 0 Å². The van der Waals surface area contributed by atoms with Crippen LogP contribution < -0.4 is 18.9 Å². The quantitative estimate of drug-likeness (QED) is 0.466. The van der Waals surface area contributed by atoms with Crippen molar-refractivity contribution in [3.63, 3.8) is 0 Å². The lowest BCUT2D eigenvalue weighted by Crippen LogP contribution is -2.39. The molecule has 1 heterocycles. The number of methoxy groups -OCH3 is 3. The second-order valence-corrected chi connectivity index (χ2v) is 9.05. The van der Waals surface area contributed by atoms with Crippen LogP contribution >= 0.6 is 0 Å². The summed E-state index contributed by atoms with van der Waals surface area (Å²) in [6.45, 7) is 7.14. The maximum Gasteiger partial charge on any atom is 0.203 e. The summed E-state index contributed by atoms with van der Waals surface area (Å²) in [6.07, 6.45) is 1.62. The Labute approximate surface area is 203 Å². The molecule has 1 aliphatic rings. The summed E-state index contributed by atoms with van der Waals surface area (Å²) in [4.78, 5) is 2.20. The Morgan fingerprint density at radius 1 is 1.03 bits per heavy atom. The van der Waals surface area contributed by atoms with Gasteiger partial charge in [0, 0.05) is 26.2 Å². The summed E-state index contributed by atoms with van der Waals surface area (Å²) in [5, 5.41) is 10.8. The first-order valence-corrected chi connectivity index (χ1v) is 12.0. The monoisotopic (exact) mass is 473 g/mol. The lowest BCUT2D eigenvalue weighted by Gasteiger charge is -2.28. The van der Waals surface area contributed by atoms with Gasteiger partial charge in [-0.25, -0.2) is 0 Å². The van der Waals surface area contributed by atoms with Crippen LogP contribution in [0.5, 0.6) is 23.0 Å². The van der Waals surface area contributed by atoms with Gasteiger partial charge in [0.25, 0.3) is 0 Å². The van der Waals surface area contributed by atoms with E-state index in [1.807, 2.05) is 24.3 Å². The third-order valence-electron chi connectivity index (χ3n) is 6.07. The molecule has 0 spiro atoms. The normalized spacial score (nSPS) is 16.6. The van der Waals surface area contributed by atoms with Crippen molar-refractivity contribution in [3.05, 3.63) is 47.5 Å². The summed E-state index contributed by atoms with van der Waals surface area (Å²) < 4.78 is 28.2. The van der Waals surface area contributed by atoms with Gasteiger partial charge in [-0.05, 0) is 54.2 Å². The largest absolute Gasteiger partial charge is 0.493 e. The zero-order chi connectivity index (χ0) is 24.5.